The lowest BCUT2D eigenvalue weighted by atomic mass is 9.75. The minimum Gasteiger partial charge on any atom is -0.495 e. The van der Waals surface area contributed by atoms with Crippen molar-refractivity contribution in [2.45, 2.75) is 32.0 Å². The van der Waals surface area contributed by atoms with E-state index >= 15 is 0 Å². The van der Waals surface area contributed by atoms with Crippen LogP contribution >= 0.6 is 0 Å². The molecule has 1 unspecified atom stereocenters. The number of carbonyl (C=O) groups is 1. The van der Waals surface area contributed by atoms with Crippen molar-refractivity contribution in [1.29, 1.82) is 0 Å². The van der Waals surface area contributed by atoms with Gasteiger partial charge in [-0.1, -0.05) is 17.3 Å². The molecule has 4 fully saturated rings. The molecule has 9 nitrogen and oxygen atoms in total. The fourth-order valence-electron chi connectivity index (χ4n) is 5.82. The number of ether oxygens (including phenoxy) is 1. The number of benzene rings is 1. The molecule has 4 atom stereocenters. The highest BCUT2D eigenvalue weighted by Crippen LogP contribution is 2.31. The van der Waals surface area contributed by atoms with Gasteiger partial charge in [-0.2, -0.15) is 0 Å². The Hall–Kier alpha value is -2.65. The molecule has 0 saturated carbocycles. The number of hydrogen-bond acceptors (Lipinski definition) is 6. The Balaban J connectivity index is 1.17. The summed E-state index contributed by atoms with van der Waals surface area (Å²) in [6, 6.07) is 8.56. The Morgan fingerprint density at radius 3 is 2.75 bits per heavy atom. The van der Waals surface area contributed by atoms with E-state index in [1.807, 2.05) is 29.1 Å². The molecule has 0 aliphatic carbocycles. The van der Waals surface area contributed by atoms with Crippen molar-refractivity contribution in [1.82, 2.24) is 19.9 Å². The van der Waals surface area contributed by atoms with Crippen LogP contribution in [0, 0.1) is 11.8 Å². The van der Waals surface area contributed by atoms with Gasteiger partial charge >= 0.3 is 0 Å². The molecule has 4 aliphatic rings. The fourth-order valence-corrected chi connectivity index (χ4v) is 5.82. The summed E-state index contributed by atoms with van der Waals surface area (Å²) in [7, 11) is 1.70. The SMILES string of the molecule is COc1ccccc1N1CCN(C(=O)[C@H]2C[NH+]3CC[C@@H]2C[C@@H]3Cn2cc(CO)nn2)CC1. The van der Waals surface area contributed by atoms with Gasteiger partial charge in [0.25, 0.3) is 0 Å². The molecule has 172 valence electrons. The summed E-state index contributed by atoms with van der Waals surface area (Å²) < 4.78 is 7.36. The van der Waals surface area contributed by atoms with Crippen LogP contribution in [0.4, 0.5) is 5.69 Å². The monoisotopic (exact) mass is 441 g/mol. The van der Waals surface area contributed by atoms with Crippen LogP contribution in [0.15, 0.2) is 30.5 Å². The first-order valence-electron chi connectivity index (χ1n) is 11.7. The van der Waals surface area contributed by atoms with Crippen LogP contribution in [0.25, 0.3) is 0 Å². The van der Waals surface area contributed by atoms with Gasteiger partial charge in [0, 0.05) is 39.0 Å². The topological polar surface area (TPSA) is 88.2 Å². The average Bonchev–Trinajstić information content (AvgIpc) is 3.31. The largest absolute Gasteiger partial charge is 0.495 e. The van der Waals surface area contributed by atoms with Gasteiger partial charge in [-0.05, 0) is 18.1 Å². The van der Waals surface area contributed by atoms with Crippen LogP contribution in [0.5, 0.6) is 5.75 Å². The average molecular weight is 442 g/mol. The molecule has 1 amide bonds. The Kier molecular flexibility index (Phi) is 6.01. The van der Waals surface area contributed by atoms with E-state index in [4.69, 9.17) is 4.74 Å². The first-order chi connectivity index (χ1) is 15.7. The number of nitrogens with one attached hydrogen (secondary N) is 1. The standard InChI is InChI=1S/C23H32N6O3/c1-32-22-5-3-2-4-21(22)26-8-10-27(11-9-26)23(31)20-15-28-7-6-17(20)12-19(28)14-29-13-18(16-30)24-25-29/h2-5,13,17,19-20,30H,6-12,14-16H2,1H3/p+1/t17-,19-,20+/m1/s1. The summed E-state index contributed by atoms with van der Waals surface area (Å²) >= 11 is 0. The molecule has 4 aliphatic heterocycles. The lowest BCUT2D eigenvalue weighted by Crippen LogP contribution is -3.20. The molecule has 4 saturated heterocycles. The Morgan fingerprint density at radius 2 is 2.06 bits per heavy atom. The minimum absolute atomic E-state index is 0.0786. The molecule has 32 heavy (non-hydrogen) atoms. The molecule has 1 aromatic carbocycles. The minimum atomic E-state index is -0.0786. The van der Waals surface area contributed by atoms with E-state index in [9.17, 15) is 9.90 Å². The molecule has 0 radical (unpaired) electrons. The van der Waals surface area contributed by atoms with E-state index in [1.54, 1.807) is 7.11 Å². The van der Waals surface area contributed by atoms with E-state index in [1.165, 1.54) is 4.90 Å². The van der Waals surface area contributed by atoms with Gasteiger partial charge in [0.1, 0.15) is 17.5 Å². The van der Waals surface area contributed by atoms with E-state index in [-0.39, 0.29) is 12.5 Å². The van der Waals surface area contributed by atoms with E-state index in [0.29, 0.717) is 23.6 Å². The molecular formula is C23H33N6O3+. The maximum Gasteiger partial charge on any atom is 0.231 e. The van der Waals surface area contributed by atoms with Gasteiger partial charge in [0.15, 0.2) is 0 Å². The van der Waals surface area contributed by atoms with Crippen molar-refractivity contribution in [3.8, 4) is 5.75 Å². The third-order valence-corrected chi connectivity index (χ3v) is 7.54. The zero-order valence-electron chi connectivity index (χ0n) is 18.7. The Morgan fingerprint density at radius 1 is 1.25 bits per heavy atom. The number of methoxy groups -OCH3 is 1. The normalized spacial score (nSPS) is 27.6. The molecular weight excluding hydrogens is 408 g/mol. The third kappa shape index (κ3) is 4.06. The lowest BCUT2D eigenvalue weighted by molar-refractivity contribution is -0.945. The number of aromatic nitrogens is 3. The van der Waals surface area contributed by atoms with Gasteiger partial charge in [-0.3, -0.25) is 4.79 Å². The summed E-state index contributed by atoms with van der Waals surface area (Å²) in [5.41, 5.74) is 1.71. The number of hydrogen-bond donors (Lipinski definition) is 2. The molecule has 1 aromatic heterocycles. The van der Waals surface area contributed by atoms with E-state index in [0.717, 1.165) is 70.1 Å². The molecule has 6 rings (SSSR count). The number of carbonyl (C=O) groups excluding carboxylic acids is 1. The maximum atomic E-state index is 13.4. The van der Waals surface area contributed by atoms with Crippen molar-refractivity contribution in [3.63, 3.8) is 0 Å². The molecule has 5 heterocycles. The zero-order valence-corrected chi connectivity index (χ0v) is 18.7. The number of piperidine rings is 3. The van der Waals surface area contributed by atoms with Gasteiger partial charge in [0.05, 0.1) is 51.2 Å². The second-order valence-corrected chi connectivity index (χ2v) is 9.27. The van der Waals surface area contributed by atoms with Crippen LogP contribution in [-0.4, -0.2) is 83.3 Å². The predicted molar refractivity (Wildman–Crippen MR) is 118 cm³/mol. The van der Waals surface area contributed by atoms with Crippen LogP contribution in [0.3, 0.4) is 0 Å². The quantitative estimate of drug-likeness (QED) is 0.624. The summed E-state index contributed by atoms with van der Waals surface area (Å²) in [5, 5.41) is 17.3. The van der Waals surface area contributed by atoms with Crippen LogP contribution in [0.2, 0.25) is 0 Å². The molecule has 2 bridgehead atoms. The van der Waals surface area contributed by atoms with Crippen molar-refractivity contribution in [2.24, 2.45) is 11.8 Å². The molecule has 2 aromatic rings. The highest BCUT2D eigenvalue weighted by atomic mass is 16.5. The molecule has 9 heteroatoms. The lowest BCUT2D eigenvalue weighted by Gasteiger charge is -2.47. The van der Waals surface area contributed by atoms with Crippen molar-refractivity contribution >= 4 is 11.6 Å². The number of anilines is 1. The number of aliphatic hydroxyl groups is 1. The van der Waals surface area contributed by atoms with Gasteiger partial charge in [-0.25, -0.2) is 4.68 Å². The number of para-hydroxylation sites is 2. The van der Waals surface area contributed by atoms with E-state index < -0.39 is 0 Å². The summed E-state index contributed by atoms with van der Waals surface area (Å²) in [5.74, 6) is 1.82. The third-order valence-electron chi connectivity index (χ3n) is 7.54. The number of quaternary nitrogens is 1. The fraction of sp³-hybridized carbons (Fsp3) is 0.609. The number of aliphatic hydroxyl groups excluding tert-OH is 1. The highest BCUT2D eigenvalue weighted by molar-refractivity contribution is 5.80. The summed E-state index contributed by atoms with van der Waals surface area (Å²) in [6.45, 7) is 5.97. The van der Waals surface area contributed by atoms with Crippen LogP contribution < -0.4 is 14.5 Å². The van der Waals surface area contributed by atoms with Crippen LogP contribution in [0.1, 0.15) is 18.5 Å². The first kappa shape index (κ1) is 21.2. The van der Waals surface area contributed by atoms with Crippen molar-refractivity contribution in [3.05, 3.63) is 36.2 Å². The predicted octanol–water partition coefficient (Wildman–Crippen LogP) is -0.579. The van der Waals surface area contributed by atoms with E-state index in [2.05, 4.69) is 26.2 Å². The number of rotatable bonds is 6. The van der Waals surface area contributed by atoms with Gasteiger partial charge in [-0.15, -0.1) is 5.10 Å². The molecule has 0 spiro atoms. The highest BCUT2D eigenvalue weighted by Gasteiger charge is 2.48. The Bertz CT molecular complexity index is 941. The summed E-state index contributed by atoms with van der Waals surface area (Å²) in [6.07, 6.45) is 4.01. The second kappa shape index (κ2) is 9.07. The molecule has 2 N–H and O–H groups in total. The Labute approximate surface area is 188 Å². The second-order valence-electron chi connectivity index (χ2n) is 9.27. The zero-order chi connectivity index (χ0) is 22.1. The number of amides is 1. The van der Waals surface area contributed by atoms with Gasteiger partial charge < -0.3 is 24.5 Å². The smallest absolute Gasteiger partial charge is 0.231 e. The van der Waals surface area contributed by atoms with Crippen LogP contribution in [-0.2, 0) is 17.9 Å². The maximum absolute atomic E-state index is 13.4. The van der Waals surface area contributed by atoms with Crippen molar-refractivity contribution in [2.75, 3.05) is 51.3 Å². The number of nitrogens with zero attached hydrogens (tertiary/aromatic N) is 5. The van der Waals surface area contributed by atoms with Crippen molar-refractivity contribution < 1.29 is 19.5 Å². The summed E-state index contributed by atoms with van der Waals surface area (Å²) in [4.78, 5) is 19.3. The first-order valence-corrected chi connectivity index (χ1v) is 11.7. The number of fused-ring (bicyclic) bond motifs is 3. The number of piperazine rings is 1. The van der Waals surface area contributed by atoms with Gasteiger partial charge in [0.2, 0.25) is 5.91 Å².